The van der Waals surface area contributed by atoms with Gasteiger partial charge in [-0.25, -0.2) is 4.79 Å². The highest BCUT2D eigenvalue weighted by Gasteiger charge is 2.14. The smallest absolute Gasteiger partial charge is 0.344 e. The fourth-order valence-corrected chi connectivity index (χ4v) is 2.84. The van der Waals surface area contributed by atoms with Gasteiger partial charge in [-0.15, -0.1) is 0 Å². The van der Waals surface area contributed by atoms with Crippen molar-refractivity contribution in [3.8, 4) is 5.75 Å². The Morgan fingerprint density at radius 2 is 2.04 bits per heavy atom. The first-order chi connectivity index (χ1) is 11.8. The summed E-state index contributed by atoms with van der Waals surface area (Å²) in [6.45, 7) is 2.89. The van der Waals surface area contributed by atoms with Crippen molar-refractivity contribution >= 4 is 45.1 Å². The predicted octanol–water partition coefficient (Wildman–Crippen LogP) is 3.01. The molecule has 0 atom stereocenters. The molecule has 0 radical (unpaired) electrons. The molecule has 0 saturated carbocycles. The fourth-order valence-electron chi connectivity index (χ4n) is 2.05. The fraction of sp³-hybridized carbons (Fsp3) is 0.312. The number of anilines is 1. The summed E-state index contributed by atoms with van der Waals surface area (Å²) in [6, 6.07) is 4.91. The summed E-state index contributed by atoms with van der Waals surface area (Å²) >= 11 is 9.11. The minimum atomic E-state index is -0.656. The second-order valence-corrected chi connectivity index (χ2v) is 6.53. The molecule has 25 heavy (non-hydrogen) atoms. The van der Waals surface area contributed by atoms with E-state index >= 15 is 0 Å². The van der Waals surface area contributed by atoms with Gasteiger partial charge in [-0.1, -0.05) is 11.6 Å². The van der Waals surface area contributed by atoms with Crippen LogP contribution in [0.3, 0.4) is 0 Å². The van der Waals surface area contributed by atoms with Gasteiger partial charge in [-0.2, -0.15) is 5.10 Å². The highest BCUT2D eigenvalue weighted by molar-refractivity contribution is 9.10. The van der Waals surface area contributed by atoms with E-state index in [0.717, 1.165) is 5.69 Å². The van der Waals surface area contributed by atoms with Crippen molar-refractivity contribution in [1.82, 2.24) is 9.78 Å². The van der Waals surface area contributed by atoms with Crippen molar-refractivity contribution in [1.29, 1.82) is 0 Å². The summed E-state index contributed by atoms with van der Waals surface area (Å²) in [5, 5.41) is 7.42. The van der Waals surface area contributed by atoms with Crippen LogP contribution in [-0.2, 0) is 21.4 Å². The number of nitrogens with one attached hydrogen (secondary N) is 1. The summed E-state index contributed by atoms with van der Waals surface area (Å²) < 4.78 is 12.5. The molecule has 1 N–H and O–H groups in total. The van der Waals surface area contributed by atoms with Crippen LogP contribution in [0.2, 0.25) is 5.02 Å². The summed E-state index contributed by atoms with van der Waals surface area (Å²) in [5.41, 5.74) is 2.12. The van der Waals surface area contributed by atoms with Gasteiger partial charge < -0.3 is 14.8 Å². The minimum Gasteiger partial charge on any atom is -0.481 e. The largest absolute Gasteiger partial charge is 0.481 e. The molecule has 0 bridgehead atoms. The lowest BCUT2D eigenvalue weighted by Gasteiger charge is -2.09. The summed E-state index contributed by atoms with van der Waals surface area (Å²) in [5.74, 6) is -0.649. The molecule has 1 amide bonds. The van der Waals surface area contributed by atoms with Crippen LogP contribution in [0.15, 0.2) is 22.7 Å². The Morgan fingerprint density at radius 3 is 2.64 bits per heavy atom. The Bertz CT molecular complexity index is 807. The normalized spacial score (nSPS) is 10.4. The van der Waals surface area contributed by atoms with Gasteiger partial charge in [0.25, 0.3) is 5.91 Å². The Balaban J connectivity index is 1.80. The van der Waals surface area contributed by atoms with E-state index in [1.165, 1.54) is 0 Å². The number of ether oxygens (including phenoxy) is 2. The van der Waals surface area contributed by atoms with E-state index in [9.17, 15) is 9.59 Å². The zero-order valence-corrected chi connectivity index (χ0v) is 16.3. The molecule has 0 aliphatic carbocycles. The first-order valence-corrected chi connectivity index (χ1v) is 8.48. The summed E-state index contributed by atoms with van der Waals surface area (Å²) in [6.07, 6.45) is 0. The number of carbonyl (C=O) groups excluding carboxylic acids is 2. The average Bonchev–Trinajstić information content (AvgIpc) is 2.78. The van der Waals surface area contributed by atoms with Crippen molar-refractivity contribution in [2.24, 2.45) is 7.05 Å². The topological polar surface area (TPSA) is 82.5 Å². The number of hydrogen-bond donors (Lipinski definition) is 1. The van der Waals surface area contributed by atoms with Crippen LogP contribution in [0.1, 0.15) is 11.4 Å². The first kappa shape index (κ1) is 19.3. The lowest BCUT2D eigenvalue weighted by atomic mass is 10.3. The number of carbonyl (C=O) groups is 2. The zero-order valence-electron chi connectivity index (χ0n) is 13.9. The molecule has 9 heteroatoms. The van der Waals surface area contributed by atoms with Gasteiger partial charge in [0.05, 0.1) is 21.5 Å². The third-order valence-corrected chi connectivity index (χ3v) is 4.23. The highest BCUT2D eigenvalue weighted by Crippen LogP contribution is 2.27. The predicted molar refractivity (Wildman–Crippen MR) is 96.9 cm³/mol. The SMILES string of the molecule is Cc1nn(C)c(C)c1NC(=O)COC(=O)COc1ccc(Cl)cc1Br. The van der Waals surface area contributed by atoms with Crippen LogP contribution in [0, 0.1) is 13.8 Å². The van der Waals surface area contributed by atoms with E-state index in [4.69, 9.17) is 21.1 Å². The number of aryl methyl sites for hydroxylation is 2. The highest BCUT2D eigenvalue weighted by atomic mass is 79.9. The number of amides is 1. The number of halogens is 2. The maximum absolute atomic E-state index is 11.9. The standard InChI is InChI=1S/C16H17BrClN3O4/c1-9-16(10(2)21(3)20-9)19-14(22)7-25-15(23)8-24-13-5-4-11(18)6-12(13)17/h4-6H,7-8H2,1-3H3,(H,19,22). The third kappa shape index (κ3) is 5.20. The molecule has 0 aliphatic rings. The van der Waals surface area contributed by atoms with E-state index in [-0.39, 0.29) is 6.61 Å². The first-order valence-electron chi connectivity index (χ1n) is 7.31. The van der Waals surface area contributed by atoms with E-state index < -0.39 is 18.5 Å². The van der Waals surface area contributed by atoms with Gasteiger partial charge in [0.2, 0.25) is 0 Å². The quantitative estimate of drug-likeness (QED) is 0.712. The molecule has 0 spiro atoms. The van der Waals surface area contributed by atoms with Crippen molar-refractivity contribution < 1.29 is 19.1 Å². The summed E-state index contributed by atoms with van der Waals surface area (Å²) in [7, 11) is 1.78. The van der Waals surface area contributed by atoms with E-state index in [1.54, 1.807) is 36.9 Å². The summed E-state index contributed by atoms with van der Waals surface area (Å²) in [4.78, 5) is 23.6. The Hall–Kier alpha value is -2.06. The van der Waals surface area contributed by atoms with Crippen LogP contribution in [0.25, 0.3) is 0 Å². The van der Waals surface area contributed by atoms with E-state index in [0.29, 0.717) is 26.6 Å². The molecule has 2 rings (SSSR count). The number of aromatic nitrogens is 2. The molecule has 7 nitrogen and oxygen atoms in total. The molecule has 134 valence electrons. The number of esters is 1. The maximum Gasteiger partial charge on any atom is 0.344 e. The van der Waals surface area contributed by atoms with Crippen LogP contribution in [0.5, 0.6) is 5.75 Å². The molecule has 0 fully saturated rings. The van der Waals surface area contributed by atoms with Crippen LogP contribution < -0.4 is 10.1 Å². The second kappa shape index (κ2) is 8.35. The van der Waals surface area contributed by atoms with Crippen molar-refractivity contribution in [2.75, 3.05) is 18.5 Å². The van der Waals surface area contributed by atoms with E-state index in [2.05, 4.69) is 26.3 Å². The van der Waals surface area contributed by atoms with Crippen LogP contribution in [-0.4, -0.2) is 34.9 Å². The van der Waals surface area contributed by atoms with Crippen molar-refractivity contribution in [3.63, 3.8) is 0 Å². The maximum atomic E-state index is 11.9. The van der Waals surface area contributed by atoms with Gasteiger partial charge in [-0.3, -0.25) is 9.48 Å². The minimum absolute atomic E-state index is 0.321. The Kier molecular flexibility index (Phi) is 6.44. The lowest BCUT2D eigenvalue weighted by molar-refractivity contribution is -0.149. The molecule has 0 saturated heterocycles. The van der Waals surface area contributed by atoms with Gasteiger partial charge in [-0.05, 0) is 48.0 Å². The molecule has 1 aromatic heterocycles. The van der Waals surface area contributed by atoms with Gasteiger partial charge in [0.15, 0.2) is 13.2 Å². The van der Waals surface area contributed by atoms with Crippen molar-refractivity contribution in [3.05, 3.63) is 39.1 Å². The molecule has 1 heterocycles. The molecule has 2 aromatic rings. The molecular formula is C16H17BrClN3O4. The van der Waals surface area contributed by atoms with Gasteiger partial charge >= 0.3 is 5.97 Å². The molecule has 1 aromatic carbocycles. The average molecular weight is 431 g/mol. The molecule has 0 unspecified atom stereocenters. The van der Waals surface area contributed by atoms with Crippen LogP contribution >= 0.6 is 27.5 Å². The molecule has 0 aliphatic heterocycles. The lowest BCUT2D eigenvalue weighted by Crippen LogP contribution is -2.24. The Labute approximate surface area is 158 Å². The van der Waals surface area contributed by atoms with Crippen molar-refractivity contribution in [2.45, 2.75) is 13.8 Å². The zero-order chi connectivity index (χ0) is 18.6. The van der Waals surface area contributed by atoms with E-state index in [1.807, 2.05) is 6.92 Å². The van der Waals surface area contributed by atoms with Gasteiger partial charge in [0, 0.05) is 12.1 Å². The monoisotopic (exact) mass is 429 g/mol. The Morgan fingerprint density at radius 1 is 1.32 bits per heavy atom. The number of benzene rings is 1. The number of hydrogen-bond acceptors (Lipinski definition) is 5. The number of nitrogens with zero attached hydrogens (tertiary/aromatic N) is 2. The molecular weight excluding hydrogens is 414 g/mol. The second-order valence-electron chi connectivity index (χ2n) is 5.24. The third-order valence-electron chi connectivity index (χ3n) is 3.38. The van der Waals surface area contributed by atoms with Crippen LogP contribution in [0.4, 0.5) is 5.69 Å². The van der Waals surface area contributed by atoms with Gasteiger partial charge in [0.1, 0.15) is 5.75 Å². The number of rotatable bonds is 6.